The summed E-state index contributed by atoms with van der Waals surface area (Å²) in [4.78, 5) is 26.4. The number of fused-ring (bicyclic) bond motifs is 1. The zero-order valence-electron chi connectivity index (χ0n) is 15.7. The Hall–Kier alpha value is -2.04. The first kappa shape index (κ1) is 18.7. The number of unbranched alkanes of at least 4 members (excludes halogenated alkanes) is 2. The minimum Gasteiger partial charge on any atom is -0.295 e. The summed E-state index contributed by atoms with van der Waals surface area (Å²) in [5.41, 5.74) is 1.50. The Morgan fingerprint density at radius 3 is 2.08 bits per heavy atom. The SMILES string of the molecule is CCCCNC1(NCCCC)CC=CC2=C1C(=O)c1ccccc1C2=O. The molecule has 138 valence electrons. The monoisotopic (exact) mass is 352 g/mol. The number of allylic oxidation sites excluding steroid dienone is 2. The van der Waals surface area contributed by atoms with Crippen LogP contribution in [0.15, 0.2) is 47.6 Å². The van der Waals surface area contributed by atoms with Gasteiger partial charge < -0.3 is 0 Å². The van der Waals surface area contributed by atoms with Crippen LogP contribution in [-0.4, -0.2) is 30.3 Å². The molecule has 0 saturated carbocycles. The Balaban J connectivity index is 2.04. The van der Waals surface area contributed by atoms with E-state index in [0.717, 1.165) is 38.8 Å². The molecule has 1 aromatic rings. The van der Waals surface area contributed by atoms with E-state index in [4.69, 9.17) is 0 Å². The number of ketones is 2. The molecule has 2 aliphatic rings. The molecular formula is C22H28N2O2. The highest BCUT2D eigenvalue weighted by molar-refractivity contribution is 6.28. The van der Waals surface area contributed by atoms with Gasteiger partial charge in [-0.3, -0.25) is 20.2 Å². The summed E-state index contributed by atoms with van der Waals surface area (Å²) < 4.78 is 0. The predicted molar refractivity (Wildman–Crippen MR) is 104 cm³/mol. The first-order chi connectivity index (χ1) is 12.6. The lowest BCUT2D eigenvalue weighted by Crippen LogP contribution is -2.61. The second kappa shape index (κ2) is 8.11. The Morgan fingerprint density at radius 1 is 0.923 bits per heavy atom. The molecule has 0 amide bonds. The number of carbonyl (C=O) groups is 2. The fourth-order valence-electron chi connectivity index (χ4n) is 3.77. The van der Waals surface area contributed by atoms with Crippen molar-refractivity contribution in [2.24, 2.45) is 0 Å². The summed E-state index contributed by atoms with van der Waals surface area (Å²) in [6, 6.07) is 7.15. The van der Waals surface area contributed by atoms with E-state index >= 15 is 0 Å². The van der Waals surface area contributed by atoms with Gasteiger partial charge >= 0.3 is 0 Å². The molecule has 26 heavy (non-hydrogen) atoms. The van der Waals surface area contributed by atoms with Gasteiger partial charge in [-0.15, -0.1) is 0 Å². The van der Waals surface area contributed by atoms with E-state index in [1.807, 2.05) is 24.3 Å². The molecule has 2 aliphatic carbocycles. The van der Waals surface area contributed by atoms with Crippen LogP contribution in [0.4, 0.5) is 0 Å². The number of benzene rings is 1. The van der Waals surface area contributed by atoms with Crippen molar-refractivity contribution in [1.82, 2.24) is 10.6 Å². The number of rotatable bonds is 8. The van der Waals surface area contributed by atoms with Gasteiger partial charge in [-0.05, 0) is 25.9 Å². The molecule has 3 rings (SSSR count). The van der Waals surface area contributed by atoms with Gasteiger partial charge in [-0.25, -0.2) is 0 Å². The van der Waals surface area contributed by atoms with Gasteiger partial charge in [0.1, 0.15) is 5.66 Å². The molecule has 0 spiro atoms. The first-order valence-electron chi connectivity index (χ1n) is 9.74. The number of hydrogen-bond donors (Lipinski definition) is 2. The van der Waals surface area contributed by atoms with Crippen LogP contribution in [0.3, 0.4) is 0 Å². The van der Waals surface area contributed by atoms with Crippen molar-refractivity contribution in [3.63, 3.8) is 0 Å². The van der Waals surface area contributed by atoms with Crippen LogP contribution in [0.1, 0.15) is 66.7 Å². The Kier molecular flexibility index (Phi) is 5.84. The molecule has 1 aromatic carbocycles. The van der Waals surface area contributed by atoms with Crippen LogP contribution in [0.5, 0.6) is 0 Å². The second-order valence-electron chi connectivity index (χ2n) is 7.06. The summed E-state index contributed by atoms with van der Waals surface area (Å²) >= 11 is 0. The van der Waals surface area contributed by atoms with Gasteiger partial charge in [0.25, 0.3) is 0 Å². The topological polar surface area (TPSA) is 58.2 Å². The van der Waals surface area contributed by atoms with E-state index in [0.29, 0.717) is 28.7 Å². The van der Waals surface area contributed by atoms with Crippen LogP contribution in [0, 0.1) is 0 Å². The van der Waals surface area contributed by atoms with Gasteiger partial charge in [0.2, 0.25) is 0 Å². The van der Waals surface area contributed by atoms with Crippen molar-refractivity contribution in [3.8, 4) is 0 Å². The van der Waals surface area contributed by atoms with Crippen LogP contribution in [-0.2, 0) is 0 Å². The maximum Gasteiger partial charge on any atom is 0.194 e. The van der Waals surface area contributed by atoms with E-state index in [9.17, 15) is 9.59 Å². The zero-order chi connectivity index (χ0) is 18.6. The van der Waals surface area contributed by atoms with Crippen molar-refractivity contribution >= 4 is 11.6 Å². The molecule has 0 unspecified atom stereocenters. The minimum absolute atomic E-state index is 0.0347. The van der Waals surface area contributed by atoms with Gasteiger partial charge in [-0.1, -0.05) is 63.1 Å². The molecule has 0 fully saturated rings. The summed E-state index contributed by atoms with van der Waals surface area (Å²) in [6.45, 7) is 5.92. The number of Topliss-reactive ketones (excluding diaryl/α,β-unsaturated/α-hetero) is 2. The Morgan fingerprint density at radius 2 is 1.50 bits per heavy atom. The van der Waals surface area contributed by atoms with E-state index in [2.05, 4.69) is 24.5 Å². The highest BCUT2D eigenvalue weighted by atomic mass is 16.1. The molecule has 0 radical (unpaired) electrons. The average Bonchev–Trinajstić information content (AvgIpc) is 2.66. The van der Waals surface area contributed by atoms with Gasteiger partial charge in [0.15, 0.2) is 11.6 Å². The lowest BCUT2D eigenvalue weighted by molar-refractivity contribution is 0.0949. The van der Waals surface area contributed by atoms with Crippen molar-refractivity contribution < 1.29 is 9.59 Å². The number of carbonyl (C=O) groups excluding carboxylic acids is 2. The second-order valence-corrected chi connectivity index (χ2v) is 7.06. The third kappa shape index (κ3) is 3.31. The van der Waals surface area contributed by atoms with Crippen LogP contribution >= 0.6 is 0 Å². The maximum absolute atomic E-state index is 13.4. The van der Waals surface area contributed by atoms with Crippen molar-refractivity contribution in [1.29, 1.82) is 0 Å². The van der Waals surface area contributed by atoms with Gasteiger partial charge in [-0.2, -0.15) is 0 Å². The molecule has 2 N–H and O–H groups in total. The summed E-state index contributed by atoms with van der Waals surface area (Å²) in [5.74, 6) is -0.0855. The van der Waals surface area contributed by atoms with E-state index in [1.165, 1.54) is 0 Å². The third-order valence-corrected chi connectivity index (χ3v) is 5.21. The van der Waals surface area contributed by atoms with Crippen LogP contribution in [0.25, 0.3) is 0 Å². The molecule has 0 heterocycles. The van der Waals surface area contributed by atoms with Gasteiger partial charge in [0, 0.05) is 28.7 Å². The third-order valence-electron chi connectivity index (χ3n) is 5.21. The maximum atomic E-state index is 13.4. The number of hydrogen-bond acceptors (Lipinski definition) is 4. The highest BCUT2D eigenvalue weighted by Gasteiger charge is 2.44. The predicted octanol–water partition coefficient (Wildman–Crippen LogP) is 3.80. The Bertz CT molecular complexity index is 751. The van der Waals surface area contributed by atoms with E-state index in [1.54, 1.807) is 12.1 Å². The number of nitrogens with one attached hydrogen (secondary N) is 2. The van der Waals surface area contributed by atoms with Crippen LogP contribution < -0.4 is 10.6 Å². The fourth-order valence-corrected chi connectivity index (χ4v) is 3.77. The molecule has 0 bridgehead atoms. The van der Waals surface area contributed by atoms with E-state index < -0.39 is 5.66 Å². The molecule has 0 saturated heterocycles. The van der Waals surface area contributed by atoms with Crippen molar-refractivity contribution in [2.45, 2.75) is 51.6 Å². The minimum atomic E-state index is -0.658. The first-order valence-corrected chi connectivity index (χ1v) is 9.74. The molecule has 4 heteroatoms. The normalized spacial score (nSPS) is 18.1. The van der Waals surface area contributed by atoms with Crippen LogP contribution in [0.2, 0.25) is 0 Å². The molecule has 0 atom stereocenters. The smallest absolute Gasteiger partial charge is 0.194 e. The molecular weight excluding hydrogens is 324 g/mol. The highest BCUT2D eigenvalue weighted by Crippen LogP contribution is 2.37. The Labute approximate surface area is 155 Å². The quantitative estimate of drug-likeness (QED) is 0.552. The molecule has 0 aliphatic heterocycles. The van der Waals surface area contributed by atoms with E-state index in [-0.39, 0.29) is 11.6 Å². The zero-order valence-corrected chi connectivity index (χ0v) is 15.7. The van der Waals surface area contributed by atoms with Crippen molar-refractivity contribution in [3.05, 3.63) is 58.7 Å². The lowest BCUT2D eigenvalue weighted by Gasteiger charge is -2.41. The lowest BCUT2D eigenvalue weighted by atomic mass is 9.74. The summed E-state index contributed by atoms with van der Waals surface area (Å²) in [5, 5.41) is 7.17. The largest absolute Gasteiger partial charge is 0.295 e. The standard InChI is InChI=1S/C22H28N2O2/c1-3-5-14-23-22(24-15-6-4-2)13-9-12-18-19(22)21(26)17-11-8-7-10-16(17)20(18)25/h7-12,23-24H,3-6,13-15H2,1-2H3. The average molecular weight is 352 g/mol. The molecule has 4 nitrogen and oxygen atoms in total. The fraction of sp³-hybridized carbons (Fsp3) is 0.455. The van der Waals surface area contributed by atoms with Crippen molar-refractivity contribution in [2.75, 3.05) is 13.1 Å². The summed E-state index contributed by atoms with van der Waals surface area (Å²) in [6.07, 6.45) is 8.72. The molecule has 0 aromatic heterocycles. The van der Waals surface area contributed by atoms with Gasteiger partial charge in [0.05, 0.1) is 0 Å². The summed E-state index contributed by atoms with van der Waals surface area (Å²) in [7, 11) is 0.